The lowest BCUT2D eigenvalue weighted by Gasteiger charge is -2.43. The number of halogens is 4. The third kappa shape index (κ3) is 5.46. The molecule has 1 fully saturated rings. The molecule has 122 valence electrons. The van der Waals surface area contributed by atoms with Crippen molar-refractivity contribution in [3.05, 3.63) is 33.8 Å². The van der Waals surface area contributed by atoms with E-state index in [2.05, 4.69) is 37.1 Å². The molecule has 0 aromatic heterocycles. The van der Waals surface area contributed by atoms with Crippen LogP contribution in [0.5, 0.6) is 0 Å². The van der Waals surface area contributed by atoms with Crippen LogP contribution in [0.1, 0.15) is 32.4 Å². The Morgan fingerprint density at radius 1 is 1.10 bits per heavy atom. The average molecular weight is 374 g/mol. The van der Waals surface area contributed by atoms with E-state index in [1.165, 1.54) is 5.56 Å². The lowest BCUT2D eigenvalue weighted by atomic mass is 9.81. The maximum absolute atomic E-state index is 6.42. The minimum atomic E-state index is 0. The number of rotatable bonds is 2. The lowest BCUT2D eigenvalue weighted by molar-refractivity contribution is 0.0863. The molecule has 0 radical (unpaired) electrons. The molecular formula is C15H24Cl4N2. The Hall–Kier alpha value is 0.300. The van der Waals surface area contributed by atoms with E-state index in [1.807, 2.05) is 12.1 Å². The van der Waals surface area contributed by atoms with Crippen molar-refractivity contribution in [2.45, 2.75) is 26.8 Å². The molecule has 21 heavy (non-hydrogen) atoms. The van der Waals surface area contributed by atoms with Crippen LogP contribution in [0.2, 0.25) is 10.0 Å². The van der Waals surface area contributed by atoms with Crippen LogP contribution in [0, 0.1) is 5.41 Å². The SMILES string of the molecule is CC(C)(C)[C@H](c1ccc(Cl)cc1Cl)N1CCNCC1.Cl.Cl. The van der Waals surface area contributed by atoms with Crippen molar-refractivity contribution in [2.24, 2.45) is 5.41 Å². The summed E-state index contributed by atoms with van der Waals surface area (Å²) in [5.74, 6) is 0. The van der Waals surface area contributed by atoms with Crippen LogP contribution in [0.15, 0.2) is 18.2 Å². The molecule has 2 rings (SSSR count). The molecule has 0 unspecified atom stereocenters. The second kappa shape index (κ2) is 8.81. The molecule has 1 N–H and O–H groups in total. The molecule has 0 saturated carbocycles. The van der Waals surface area contributed by atoms with E-state index in [0.717, 1.165) is 31.2 Å². The molecule has 1 aliphatic heterocycles. The zero-order valence-corrected chi connectivity index (χ0v) is 15.8. The van der Waals surface area contributed by atoms with Crippen molar-refractivity contribution in [1.82, 2.24) is 10.2 Å². The summed E-state index contributed by atoms with van der Waals surface area (Å²) in [5, 5.41) is 4.87. The van der Waals surface area contributed by atoms with Crippen molar-refractivity contribution < 1.29 is 0 Å². The summed E-state index contributed by atoms with van der Waals surface area (Å²) in [6, 6.07) is 6.17. The molecule has 1 heterocycles. The van der Waals surface area contributed by atoms with Gasteiger partial charge in [0.05, 0.1) is 0 Å². The molecular weight excluding hydrogens is 350 g/mol. The molecule has 6 heteroatoms. The molecule has 1 saturated heterocycles. The Morgan fingerprint density at radius 3 is 2.14 bits per heavy atom. The maximum Gasteiger partial charge on any atom is 0.0468 e. The minimum absolute atomic E-state index is 0. The van der Waals surface area contributed by atoms with Gasteiger partial charge in [-0.25, -0.2) is 0 Å². The fourth-order valence-electron chi connectivity index (χ4n) is 2.87. The predicted octanol–water partition coefficient (Wildman–Crippen LogP) is 4.83. The first-order chi connectivity index (χ1) is 8.89. The zero-order chi connectivity index (χ0) is 14.0. The van der Waals surface area contributed by atoms with E-state index >= 15 is 0 Å². The number of hydrogen-bond acceptors (Lipinski definition) is 2. The topological polar surface area (TPSA) is 15.3 Å². The second-order valence-electron chi connectivity index (χ2n) is 6.22. The highest BCUT2D eigenvalue weighted by Gasteiger charge is 2.33. The summed E-state index contributed by atoms with van der Waals surface area (Å²) in [5.41, 5.74) is 1.31. The van der Waals surface area contributed by atoms with Gasteiger partial charge in [0.1, 0.15) is 0 Å². The molecule has 1 atom stereocenters. The Labute approximate surface area is 150 Å². The third-order valence-corrected chi connectivity index (χ3v) is 4.16. The van der Waals surface area contributed by atoms with Gasteiger partial charge in [-0.3, -0.25) is 4.90 Å². The molecule has 0 spiro atoms. The van der Waals surface area contributed by atoms with Gasteiger partial charge in [-0.2, -0.15) is 0 Å². The van der Waals surface area contributed by atoms with Gasteiger partial charge >= 0.3 is 0 Å². The highest BCUT2D eigenvalue weighted by Crippen LogP contribution is 2.41. The molecule has 0 bridgehead atoms. The van der Waals surface area contributed by atoms with Gasteiger partial charge < -0.3 is 5.32 Å². The summed E-state index contributed by atoms with van der Waals surface area (Å²) < 4.78 is 0. The van der Waals surface area contributed by atoms with Crippen LogP contribution in [0.25, 0.3) is 0 Å². The Balaban J connectivity index is 0.00000200. The van der Waals surface area contributed by atoms with Crippen molar-refractivity contribution in [1.29, 1.82) is 0 Å². The summed E-state index contributed by atoms with van der Waals surface area (Å²) >= 11 is 12.4. The van der Waals surface area contributed by atoms with E-state index < -0.39 is 0 Å². The van der Waals surface area contributed by atoms with Gasteiger partial charge in [0, 0.05) is 42.3 Å². The number of nitrogens with one attached hydrogen (secondary N) is 1. The van der Waals surface area contributed by atoms with Gasteiger partial charge in [0.15, 0.2) is 0 Å². The highest BCUT2D eigenvalue weighted by molar-refractivity contribution is 6.35. The van der Waals surface area contributed by atoms with Crippen LogP contribution in [-0.4, -0.2) is 31.1 Å². The first-order valence-corrected chi connectivity index (χ1v) is 7.55. The average Bonchev–Trinajstić information content (AvgIpc) is 2.32. The van der Waals surface area contributed by atoms with Crippen molar-refractivity contribution in [3.63, 3.8) is 0 Å². The normalized spacial score (nSPS) is 17.6. The summed E-state index contributed by atoms with van der Waals surface area (Å²) in [7, 11) is 0. The van der Waals surface area contributed by atoms with Crippen LogP contribution in [0.4, 0.5) is 0 Å². The number of piperazine rings is 1. The third-order valence-electron chi connectivity index (χ3n) is 3.59. The fourth-order valence-corrected chi connectivity index (χ4v) is 3.39. The van der Waals surface area contributed by atoms with Crippen molar-refractivity contribution >= 4 is 48.0 Å². The molecule has 2 nitrogen and oxygen atoms in total. The monoisotopic (exact) mass is 372 g/mol. The van der Waals surface area contributed by atoms with E-state index in [1.54, 1.807) is 0 Å². The standard InChI is InChI=1S/C15H22Cl2N2.2ClH/c1-15(2,3)14(19-8-6-18-7-9-19)12-5-4-11(16)10-13(12)17;;/h4-5,10,14,18H,6-9H2,1-3H3;2*1H/t14-;;/m0../s1. The van der Waals surface area contributed by atoms with Crippen LogP contribution >= 0.6 is 48.0 Å². The Kier molecular flexibility index (Phi) is 8.93. The smallest absolute Gasteiger partial charge is 0.0468 e. The van der Waals surface area contributed by atoms with Crippen LogP contribution in [0.3, 0.4) is 0 Å². The van der Waals surface area contributed by atoms with Gasteiger partial charge in [0.25, 0.3) is 0 Å². The second-order valence-corrected chi connectivity index (χ2v) is 7.06. The van der Waals surface area contributed by atoms with E-state index in [0.29, 0.717) is 11.1 Å². The Bertz CT molecular complexity index is 440. The quantitative estimate of drug-likeness (QED) is 0.798. The highest BCUT2D eigenvalue weighted by atomic mass is 35.5. The summed E-state index contributed by atoms with van der Waals surface area (Å²) in [4.78, 5) is 2.52. The number of hydrogen-bond donors (Lipinski definition) is 1. The molecule has 0 aliphatic carbocycles. The lowest BCUT2D eigenvalue weighted by Crippen LogP contribution is -2.48. The predicted molar refractivity (Wildman–Crippen MR) is 97.6 cm³/mol. The maximum atomic E-state index is 6.42. The summed E-state index contributed by atoms with van der Waals surface area (Å²) in [6.07, 6.45) is 0. The summed E-state index contributed by atoms with van der Waals surface area (Å²) in [6.45, 7) is 11.0. The number of benzene rings is 1. The zero-order valence-electron chi connectivity index (χ0n) is 12.7. The van der Waals surface area contributed by atoms with E-state index in [9.17, 15) is 0 Å². The first kappa shape index (κ1) is 21.3. The van der Waals surface area contributed by atoms with E-state index in [4.69, 9.17) is 23.2 Å². The van der Waals surface area contributed by atoms with Gasteiger partial charge in [-0.1, -0.05) is 50.0 Å². The molecule has 1 aromatic carbocycles. The fraction of sp³-hybridized carbons (Fsp3) is 0.600. The van der Waals surface area contributed by atoms with Crippen molar-refractivity contribution in [3.8, 4) is 0 Å². The minimum Gasteiger partial charge on any atom is -0.314 e. The molecule has 1 aromatic rings. The largest absolute Gasteiger partial charge is 0.314 e. The molecule has 1 aliphatic rings. The number of nitrogens with zero attached hydrogens (tertiary/aromatic N) is 1. The first-order valence-electron chi connectivity index (χ1n) is 6.79. The van der Waals surface area contributed by atoms with Crippen molar-refractivity contribution in [2.75, 3.05) is 26.2 Å². The van der Waals surface area contributed by atoms with E-state index in [-0.39, 0.29) is 30.2 Å². The van der Waals surface area contributed by atoms with Gasteiger partial charge in [-0.15, -0.1) is 24.8 Å². The van der Waals surface area contributed by atoms with Crippen LogP contribution in [-0.2, 0) is 0 Å². The van der Waals surface area contributed by atoms with Gasteiger partial charge in [-0.05, 0) is 23.1 Å². The molecule has 0 amide bonds. The Morgan fingerprint density at radius 2 is 1.67 bits per heavy atom. The van der Waals surface area contributed by atoms with Crippen LogP contribution < -0.4 is 5.32 Å². The van der Waals surface area contributed by atoms with Gasteiger partial charge in [0.2, 0.25) is 0 Å².